The van der Waals surface area contributed by atoms with Crippen LogP contribution in [0.2, 0.25) is 0 Å². The van der Waals surface area contributed by atoms with E-state index in [4.69, 9.17) is 13.0 Å². The van der Waals surface area contributed by atoms with E-state index in [0.29, 0.717) is 5.25 Å². The number of rotatable bonds is 0. The van der Waals surface area contributed by atoms with Crippen LogP contribution >= 0.6 is 12.6 Å². The van der Waals surface area contributed by atoms with Gasteiger partial charge in [-0.05, 0) is 0 Å². The predicted molar refractivity (Wildman–Crippen MR) is 55.6 cm³/mol. The van der Waals surface area contributed by atoms with E-state index >= 15 is 0 Å². The van der Waals surface area contributed by atoms with E-state index in [9.17, 15) is 13.2 Å². The second kappa shape index (κ2) is 5.05. The molecule has 1 aliphatic rings. The minimum absolute atomic E-state index is 0.467. The molecular weight excluding hydrogens is 295 g/mol. The summed E-state index contributed by atoms with van der Waals surface area (Å²) < 4.78 is 63.0. The van der Waals surface area contributed by atoms with Gasteiger partial charge in [-0.1, -0.05) is 0 Å². The van der Waals surface area contributed by atoms with Crippen LogP contribution in [0, 0.1) is 0 Å². The largest absolute Gasteiger partial charge is 0.741 e. The summed E-state index contributed by atoms with van der Waals surface area (Å²) in [6.07, 6.45) is 2.88. The molecule has 0 bridgehead atoms. The molecule has 6 nitrogen and oxygen atoms in total. The molecule has 1 aromatic rings. The summed E-state index contributed by atoms with van der Waals surface area (Å²) in [5, 5.41) is 4.64. The van der Waals surface area contributed by atoms with Crippen LogP contribution in [-0.4, -0.2) is 33.5 Å². The Balaban J connectivity index is 0.000000187. The number of halogens is 3. The van der Waals surface area contributed by atoms with E-state index in [1.54, 1.807) is 0 Å². The van der Waals surface area contributed by atoms with E-state index in [1.165, 1.54) is 5.82 Å². The lowest BCUT2D eigenvalue weighted by molar-refractivity contribution is -0.679. The smallest absolute Gasteiger partial charge is 0.485 e. The Morgan fingerprint density at radius 3 is 2.50 bits per heavy atom. The van der Waals surface area contributed by atoms with Crippen LogP contribution in [0.5, 0.6) is 0 Å². The lowest BCUT2D eigenvalue weighted by Crippen LogP contribution is -2.30. The molecule has 2 heterocycles. The van der Waals surface area contributed by atoms with Crippen molar-refractivity contribution < 1.29 is 30.7 Å². The first-order chi connectivity index (χ1) is 8.02. The van der Waals surface area contributed by atoms with E-state index in [0.717, 1.165) is 13.0 Å². The van der Waals surface area contributed by atoms with Crippen molar-refractivity contribution in [2.45, 2.75) is 23.7 Å². The predicted octanol–water partition coefficient (Wildman–Crippen LogP) is -0.387. The van der Waals surface area contributed by atoms with Crippen LogP contribution in [-0.2, 0) is 30.1 Å². The molecule has 0 saturated carbocycles. The zero-order chi connectivity index (χ0) is 14.1. The molecule has 0 aliphatic carbocycles. The summed E-state index contributed by atoms with van der Waals surface area (Å²) in [7, 11) is -4.07. The summed E-state index contributed by atoms with van der Waals surface area (Å²) >= 11 is 4.38. The van der Waals surface area contributed by atoms with Gasteiger partial charge in [-0.2, -0.15) is 25.8 Å². The highest BCUT2D eigenvalue weighted by atomic mass is 32.2. The first kappa shape index (κ1) is 15.2. The average Bonchev–Trinajstić information content (AvgIpc) is 2.66. The van der Waals surface area contributed by atoms with Gasteiger partial charge in [0.25, 0.3) is 6.33 Å². The van der Waals surface area contributed by atoms with Crippen LogP contribution < -0.4 is 4.57 Å². The van der Waals surface area contributed by atoms with Gasteiger partial charge in [-0.3, -0.25) is 0 Å². The number of thiol groups is 1. The zero-order valence-electron chi connectivity index (χ0n) is 9.12. The molecule has 2 rings (SSSR count). The Labute approximate surface area is 107 Å². The first-order valence-electron chi connectivity index (χ1n) is 4.63. The third-order valence-electron chi connectivity index (χ3n) is 2.15. The number of alkyl halides is 3. The van der Waals surface area contributed by atoms with Crippen LogP contribution in [0.3, 0.4) is 0 Å². The normalized spacial score (nSPS) is 19.1. The van der Waals surface area contributed by atoms with E-state index < -0.39 is 15.6 Å². The number of aromatic nitrogens is 3. The topological polar surface area (TPSA) is 78.9 Å². The van der Waals surface area contributed by atoms with E-state index in [1.807, 2.05) is 18.1 Å². The van der Waals surface area contributed by atoms with E-state index in [-0.39, 0.29) is 0 Å². The van der Waals surface area contributed by atoms with Crippen molar-refractivity contribution in [2.75, 3.05) is 0 Å². The van der Waals surface area contributed by atoms with Crippen molar-refractivity contribution in [3.05, 3.63) is 12.2 Å². The minimum atomic E-state index is -6.09. The van der Waals surface area contributed by atoms with Gasteiger partial charge in [0.15, 0.2) is 10.1 Å². The summed E-state index contributed by atoms with van der Waals surface area (Å²) in [6, 6.07) is 0. The van der Waals surface area contributed by atoms with Gasteiger partial charge in [0.05, 0.1) is 13.5 Å². The molecule has 1 atom stereocenters. The summed E-state index contributed by atoms with van der Waals surface area (Å²) in [5.74, 6) is 1.28. The molecule has 18 heavy (non-hydrogen) atoms. The molecule has 0 amide bonds. The second-order valence-electron chi connectivity index (χ2n) is 3.60. The van der Waals surface area contributed by atoms with Gasteiger partial charge in [0.1, 0.15) is 6.54 Å². The molecule has 1 unspecified atom stereocenters. The third-order valence-corrected chi connectivity index (χ3v) is 3.07. The zero-order valence-corrected chi connectivity index (χ0v) is 10.8. The standard InChI is InChI=1S/C6H9N3S.CHF3O3S/c1-8-4-7-9-3-5(10)2-6(8)9;2-1(3,4)8(5,6)7/h4-5H,2-3H2,1H3;(H,5,6,7). The SMILES string of the molecule is C[n+]1cnn2c1CC(S)C2.O=S(=O)([O-])C(F)(F)F. The van der Waals surface area contributed by atoms with Crippen LogP contribution in [0.1, 0.15) is 5.82 Å². The maximum absolute atomic E-state index is 10.7. The highest BCUT2D eigenvalue weighted by molar-refractivity contribution is 7.86. The molecule has 11 heteroatoms. The molecule has 0 aromatic carbocycles. The molecule has 0 saturated heterocycles. The monoisotopic (exact) mass is 305 g/mol. The number of aryl methyl sites for hydroxylation is 1. The number of fused-ring (bicyclic) bond motifs is 1. The van der Waals surface area contributed by atoms with Gasteiger partial charge < -0.3 is 4.55 Å². The van der Waals surface area contributed by atoms with Crippen molar-refractivity contribution in [1.82, 2.24) is 9.78 Å². The Bertz CT molecular complexity index is 526. The van der Waals surface area contributed by atoms with Gasteiger partial charge in [0.2, 0.25) is 5.82 Å². The fraction of sp³-hybridized carbons (Fsp3) is 0.714. The number of nitrogens with zero attached hydrogens (tertiary/aromatic N) is 3. The summed E-state index contributed by atoms with van der Waals surface area (Å²) in [4.78, 5) is 0. The van der Waals surface area contributed by atoms with Crippen molar-refractivity contribution in [3.63, 3.8) is 0 Å². The van der Waals surface area contributed by atoms with Gasteiger partial charge >= 0.3 is 5.51 Å². The fourth-order valence-electron chi connectivity index (χ4n) is 1.33. The molecule has 0 spiro atoms. The maximum atomic E-state index is 10.7. The van der Waals surface area contributed by atoms with Gasteiger partial charge in [0, 0.05) is 10.3 Å². The number of hydrogen-bond acceptors (Lipinski definition) is 5. The Morgan fingerprint density at radius 2 is 2.11 bits per heavy atom. The quantitative estimate of drug-likeness (QED) is 0.306. The first-order valence-corrected chi connectivity index (χ1v) is 6.55. The highest BCUT2D eigenvalue weighted by Crippen LogP contribution is 2.20. The molecule has 1 aromatic heterocycles. The Kier molecular flexibility index (Phi) is 4.28. The molecule has 0 fully saturated rings. The molecule has 104 valence electrons. The highest BCUT2D eigenvalue weighted by Gasteiger charge is 2.36. The third kappa shape index (κ3) is 3.59. The molecule has 0 N–H and O–H groups in total. The van der Waals surface area contributed by atoms with Crippen molar-refractivity contribution in [3.8, 4) is 0 Å². The minimum Gasteiger partial charge on any atom is -0.741 e. The van der Waals surface area contributed by atoms with Crippen molar-refractivity contribution >= 4 is 22.7 Å². The van der Waals surface area contributed by atoms with Crippen molar-refractivity contribution in [2.24, 2.45) is 7.05 Å². The van der Waals surface area contributed by atoms with Crippen LogP contribution in [0.25, 0.3) is 0 Å². The lowest BCUT2D eigenvalue weighted by atomic mass is 10.3. The fourth-order valence-corrected chi connectivity index (χ4v) is 1.65. The number of hydrogen-bond donors (Lipinski definition) is 1. The molecule has 1 aliphatic heterocycles. The second-order valence-corrected chi connectivity index (χ2v) is 5.70. The summed E-state index contributed by atoms with van der Waals surface area (Å²) in [6.45, 7) is 0.958. The maximum Gasteiger partial charge on any atom is 0.485 e. The van der Waals surface area contributed by atoms with Crippen LogP contribution in [0.15, 0.2) is 6.33 Å². The Morgan fingerprint density at radius 1 is 1.61 bits per heavy atom. The lowest BCUT2D eigenvalue weighted by Gasteiger charge is -2.08. The van der Waals surface area contributed by atoms with Crippen molar-refractivity contribution in [1.29, 1.82) is 0 Å². The van der Waals surface area contributed by atoms with E-state index in [2.05, 4.69) is 22.3 Å². The van der Waals surface area contributed by atoms with Gasteiger partial charge in [-0.15, -0.1) is 4.68 Å². The molecule has 0 radical (unpaired) electrons. The Hall–Kier alpha value is -0.810. The van der Waals surface area contributed by atoms with Gasteiger partial charge in [-0.25, -0.2) is 13.0 Å². The van der Waals surface area contributed by atoms with Crippen LogP contribution in [0.4, 0.5) is 13.2 Å². The summed E-state index contributed by atoms with van der Waals surface area (Å²) in [5.41, 5.74) is -5.65. The molecular formula is C7H10F3N3O3S2. The average molecular weight is 305 g/mol.